The Hall–Kier alpha value is -3.88. The Labute approximate surface area is 204 Å². The zero-order valence-corrected chi connectivity index (χ0v) is 19.4. The number of anilines is 6. The fourth-order valence-corrected chi connectivity index (χ4v) is 6.35. The topological polar surface area (TPSA) is 58.0 Å². The molecule has 2 aliphatic rings. The molecule has 7 rings (SSSR count). The highest BCUT2D eigenvalue weighted by Crippen LogP contribution is 2.51. The van der Waals surface area contributed by atoms with Gasteiger partial charge in [0.25, 0.3) is 11.9 Å². The number of fused-ring (bicyclic) bond motifs is 4. The average molecular weight is 477 g/mol. The molecule has 0 saturated heterocycles. The molecule has 0 N–H and O–H groups in total. The molecule has 1 aromatic heterocycles. The van der Waals surface area contributed by atoms with Crippen LogP contribution in [0.1, 0.15) is 0 Å². The van der Waals surface area contributed by atoms with Crippen LogP contribution >= 0.6 is 23.5 Å². The summed E-state index contributed by atoms with van der Waals surface area (Å²) in [6.07, 6.45) is 0. The molecule has 4 aromatic carbocycles. The van der Waals surface area contributed by atoms with E-state index in [4.69, 9.17) is 0 Å². The molecule has 0 atom stereocenters. The molecule has 0 saturated carbocycles. The first-order valence-corrected chi connectivity index (χ1v) is 12.4. The van der Waals surface area contributed by atoms with Crippen molar-refractivity contribution in [2.24, 2.45) is 0 Å². The van der Waals surface area contributed by atoms with Gasteiger partial charge in [0.15, 0.2) is 0 Å². The number of hydrogen-bond donors (Lipinski definition) is 0. The summed E-state index contributed by atoms with van der Waals surface area (Å²) in [5.74, 6) is 0.883. The molecule has 0 bridgehead atoms. The zero-order chi connectivity index (χ0) is 22.5. The number of para-hydroxylation sites is 4. The van der Waals surface area contributed by atoms with Crippen molar-refractivity contribution in [2.75, 3.05) is 9.80 Å². The first kappa shape index (κ1) is 19.6. The van der Waals surface area contributed by atoms with Crippen LogP contribution in [0.3, 0.4) is 0 Å². The number of rotatable bonds is 2. The van der Waals surface area contributed by atoms with Crippen LogP contribution in [0.15, 0.2) is 117 Å². The number of benzene rings is 4. The molecule has 34 heavy (non-hydrogen) atoms. The van der Waals surface area contributed by atoms with Gasteiger partial charge in [0.2, 0.25) is 0 Å². The van der Waals surface area contributed by atoms with E-state index in [9.17, 15) is 0 Å². The average Bonchev–Trinajstić information content (AvgIpc) is 2.90. The molecule has 5 aromatic rings. The van der Waals surface area contributed by atoms with Crippen molar-refractivity contribution in [3.05, 3.63) is 97.1 Å². The summed E-state index contributed by atoms with van der Waals surface area (Å²) in [7, 11) is 0. The molecular formula is C26H16N6S2. The van der Waals surface area contributed by atoms with Crippen molar-refractivity contribution in [3.63, 3.8) is 0 Å². The maximum absolute atomic E-state index is 4.57. The summed E-state index contributed by atoms with van der Waals surface area (Å²) in [5.41, 5.74) is 4.08. The van der Waals surface area contributed by atoms with Gasteiger partial charge in [0.05, 0.1) is 22.7 Å². The van der Waals surface area contributed by atoms with E-state index in [-0.39, 0.29) is 0 Å². The van der Waals surface area contributed by atoms with Crippen LogP contribution in [0.2, 0.25) is 0 Å². The second kappa shape index (κ2) is 7.86. The van der Waals surface area contributed by atoms with Crippen LogP contribution in [-0.2, 0) is 0 Å². The Morgan fingerprint density at radius 1 is 0.382 bits per heavy atom. The predicted octanol–water partition coefficient (Wildman–Crippen LogP) is 7.14. The van der Waals surface area contributed by atoms with Gasteiger partial charge < -0.3 is 0 Å². The standard InChI is InChI=1S/C26H16N6S2/c1-5-13-21-17(9-1)31(18-10-2-6-14-22(18)33-21)25-27-29-26(30-28-25)32-19-11-3-7-15-23(19)34-24-16-8-4-12-20(24)32/h1-16H. The number of hydrogen-bond acceptors (Lipinski definition) is 8. The predicted molar refractivity (Wildman–Crippen MR) is 135 cm³/mol. The highest BCUT2D eigenvalue weighted by molar-refractivity contribution is 8.00. The molecule has 8 heteroatoms. The van der Waals surface area contributed by atoms with Crippen molar-refractivity contribution >= 4 is 58.2 Å². The molecule has 0 aliphatic carbocycles. The summed E-state index contributed by atoms with van der Waals surface area (Å²) in [5, 5.41) is 18.3. The lowest BCUT2D eigenvalue weighted by Gasteiger charge is -2.31. The van der Waals surface area contributed by atoms with Gasteiger partial charge in [-0.25, -0.2) is 0 Å². The van der Waals surface area contributed by atoms with Crippen molar-refractivity contribution < 1.29 is 0 Å². The minimum atomic E-state index is 0.442. The first-order chi connectivity index (χ1) is 16.9. The van der Waals surface area contributed by atoms with Crippen molar-refractivity contribution in [3.8, 4) is 0 Å². The molecule has 0 fully saturated rings. The quantitative estimate of drug-likeness (QED) is 0.261. The lowest BCUT2D eigenvalue weighted by atomic mass is 10.2. The first-order valence-electron chi connectivity index (χ1n) is 10.8. The van der Waals surface area contributed by atoms with Gasteiger partial charge in [0.1, 0.15) is 0 Å². The summed E-state index contributed by atoms with van der Waals surface area (Å²) in [4.78, 5) is 8.63. The Balaban J connectivity index is 1.35. The van der Waals surface area contributed by atoms with Crippen LogP contribution in [0.5, 0.6) is 0 Å². The third-order valence-electron chi connectivity index (χ3n) is 5.72. The van der Waals surface area contributed by atoms with Crippen LogP contribution in [0, 0.1) is 0 Å². The molecule has 2 aliphatic heterocycles. The highest BCUT2D eigenvalue weighted by Gasteiger charge is 2.29. The Morgan fingerprint density at radius 2 is 0.647 bits per heavy atom. The van der Waals surface area contributed by atoms with Crippen LogP contribution in [-0.4, -0.2) is 20.4 Å². The minimum absolute atomic E-state index is 0.442. The molecule has 162 valence electrons. The van der Waals surface area contributed by atoms with E-state index in [0.717, 1.165) is 42.3 Å². The third-order valence-corrected chi connectivity index (χ3v) is 7.98. The molecule has 3 heterocycles. The number of nitrogens with zero attached hydrogens (tertiary/aromatic N) is 6. The van der Waals surface area contributed by atoms with Crippen LogP contribution < -0.4 is 9.80 Å². The molecule has 0 amide bonds. The zero-order valence-electron chi connectivity index (χ0n) is 17.7. The SMILES string of the molecule is c1ccc2c(c1)Sc1ccccc1N2c1nnc(N2c3ccccc3Sc3ccccc32)nn1. The highest BCUT2D eigenvalue weighted by atomic mass is 32.2. The monoisotopic (exact) mass is 476 g/mol. The molecule has 0 spiro atoms. The maximum Gasteiger partial charge on any atom is 0.273 e. The Morgan fingerprint density at radius 3 is 0.941 bits per heavy atom. The summed E-state index contributed by atoms with van der Waals surface area (Å²) < 4.78 is 0. The van der Waals surface area contributed by atoms with E-state index >= 15 is 0 Å². The van der Waals surface area contributed by atoms with Gasteiger partial charge in [-0.05, 0) is 48.5 Å². The minimum Gasteiger partial charge on any atom is -0.274 e. The number of aromatic nitrogens is 4. The summed E-state index contributed by atoms with van der Waals surface area (Å²) >= 11 is 3.49. The second-order valence-electron chi connectivity index (χ2n) is 7.75. The van der Waals surface area contributed by atoms with E-state index in [1.165, 1.54) is 0 Å². The van der Waals surface area contributed by atoms with Crippen LogP contribution in [0.25, 0.3) is 0 Å². The van der Waals surface area contributed by atoms with E-state index in [1.807, 2.05) is 58.3 Å². The van der Waals surface area contributed by atoms with Crippen molar-refractivity contribution in [2.45, 2.75) is 19.6 Å². The van der Waals surface area contributed by atoms with E-state index in [2.05, 4.69) is 68.9 Å². The molecule has 0 unspecified atom stereocenters. The van der Waals surface area contributed by atoms with Gasteiger partial charge in [-0.2, -0.15) is 0 Å². The fourth-order valence-electron chi connectivity index (χ4n) is 4.24. The molecule has 6 nitrogen and oxygen atoms in total. The molecular weight excluding hydrogens is 460 g/mol. The Kier molecular flexibility index (Phi) is 4.53. The lowest BCUT2D eigenvalue weighted by Crippen LogP contribution is -2.22. The van der Waals surface area contributed by atoms with Gasteiger partial charge in [-0.3, -0.25) is 9.80 Å². The van der Waals surface area contributed by atoms with E-state index in [1.54, 1.807) is 23.5 Å². The second-order valence-corrected chi connectivity index (χ2v) is 9.91. The van der Waals surface area contributed by atoms with E-state index < -0.39 is 0 Å². The van der Waals surface area contributed by atoms with Gasteiger partial charge >= 0.3 is 0 Å². The normalized spacial score (nSPS) is 13.5. The lowest BCUT2D eigenvalue weighted by molar-refractivity contribution is 0.826. The largest absolute Gasteiger partial charge is 0.274 e. The van der Waals surface area contributed by atoms with E-state index in [0.29, 0.717) is 11.9 Å². The molecule has 0 radical (unpaired) electrons. The van der Waals surface area contributed by atoms with Crippen LogP contribution in [0.4, 0.5) is 34.6 Å². The summed E-state index contributed by atoms with van der Waals surface area (Å²) in [6.45, 7) is 0. The van der Waals surface area contributed by atoms with Gasteiger partial charge in [0, 0.05) is 19.6 Å². The maximum atomic E-state index is 4.57. The van der Waals surface area contributed by atoms with Crippen molar-refractivity contribution in [1.82, 2.24) is 20.4 Å². The fraction of sp³-hybridized carbons (Fsp3) is 0. The summed E-state index contributed by atoms with van der Waals surface area (Å²) in [6, 6.07) is 33.0. The van der Waals surface area contributed by atoms with Gasteiger partial charge in [-0.15, -0.1) is 20.4 Å². The van der Waals surface area contributed by atoms with Crippen molar-refractivity contribution in [1.29, 1.82) is 0 Å². The third kappa shape index (κ3) is 3.07. The smallest absolute Gasteiger partial charge is 0.273 e. The van der Waals surface area contributed by atoms with Gasteiger partial charge in [-0.1, -0.05) is 72.1 Å². The Bertz CT molecular complexity index is 1330.